The summed E-state index contributed by atoms with van der Waals surface area (Å²) in [5.41, 5.74) is 2.85. The molecule has 1 aromatic heterocycles. The molecule has 2 aromatic carbocycles. The lowest BCUT2D eigenvalue weighted by Crippen LogP contribution is -2.30. The Morgan fingerprint density at radius 2 is 1.68 bits per heavy atom. The quantitative estimate of drug-likeness (QED) is 0.488. The Bertz CT molecular complexity index is 1160. The maximum Gasteiger partial charge on any atom is 0.415 e. The lowest BCUT2D eigenvalue weighted by molar-refractivity contribution is -0.384. The van der Waals surface area contributed by atoms with Gasteiger partial charge in [0.25, 0.3) is 0 Å². The van der Waals surface area contributed by atoms with Crippen molar-refractivity contribution in [3.05, 3.63) is 87.6 Å². The van der Waals surface area contributed by atoms with Crippen LogP contribution < -0.4 is 4.90 Å². The maximum atomic E-state index is 12.7. The van der Waals surface area contributed by atoms with Gasteiger partial charge in [-0.3, -0.25) is 15.0 Å². The third-order valence-electron chi connectivity index (χ3n) is 5.25. The molecule has 31 heavy (non-hydrogen) atoms. The normalized spacial score (nSPS) is 12.0. The van der Waals surface area contributed by atoms with E-state index in [4.69, 9.17) is 4.74 Å². The van der Waals surface area contributed by atoms with Crippen molar-refractivity contribution in [3.63, 3.8) is 0 Å². The monoisotopic (exact) mass is 419 g/mol. The van der Waals surface area contributed by atoms with Gasteiger partial charge in [-0.15, -0.1) is 0 Å². The fraction of sp³-hybridized carbons (Fsp3) is 0.136. The Kier molecular flexibility index (Phi) is 5.08. The van der Waals surface area contributed by atoms with E-state index < -0.39 is 34.1 Å². The fourth-order valence-corrected chi connectivity index (χ4v) is 3.82. The Labute approximate surface area is 176 Å². The summed E-state index contributed by atoms with van der Waals surface area (Å²) in [6.45, 7) is 0.0175. The molecule has 0 saturated heterocycles. The molecule has 0 radical (unpaired) electrons. The second kappa shape index (κ2) is 7.86. The molecule has 3 aromatic rings. The first-order valence-electron chi connectivity index (χ1n) is 9.35. The summed E-state index contributed by atoms with van der Waals surface area (Å²) in [6, 6.07) is 16.7. The summed E-state index contributed by atoms with van der Waals surface area (Å²) >= 11 is 0. The number of ether oxygens (including phenoxy) is 1. The lowest BCUT2D eigenvalue weighted by atomic mass is 9.98. The molecular weight excluding hydrogens is 402 g/mol. The van der Waals surface area contributed by atoms with Crippen molar-refractivity contribution in [1.82, 2.24) is 4.98 Å². The van der Waals surface area contributed by atoms with Gasteiger partial charge >= 0.3 is 17.7 Å². The molecule has 0 bridgehead atoms. The van der Waals surface area contributed by atoms with Gasteiger partial charge in [0.2, 0.25) is 5.82 Å². The average Bonchev–Trinajstić information content (AvgIpc) is 3.10. The number of aromatic carboxylic acids is 1. The van der Waals surface area contributed by atoms with E-state index in [-0.39, 0.29) is 12.5 Å². The molecule has 1 heterocycles. The SMILES string of the molecule is CN(C(=O)OCC1c2ccccc2-c2ccccc21)c1nccc(C(=O)O)c1[N+](=O)[O-]. The number of carboxylic acid groups (broad SMARTS) is 1. The number of amides is 1. The highest BCUT2D eigenvalue weighted by Crippen LogP contribution is 2.44. The van der Waals surface area contributed by atoms with Crippen LogP contribution in [0.1, 0.15) is 27.4 Å². The van der Waals surface area contributed by atoms with Crippen molar-refractivity contribution >= 4 is 23.6 Å². The van der Waals surface area contributed by atoms with Gasteiger partial charge < -0.3 is 9.84 Å². The summed E-state index contributed by atoms with van der Waals surface area (Å²) in [4.78, 5) is 39.3. The molecular formula is C22H17N3O6. The molecule has 1 N–H and O–H groups in total. The van der Waals surface area contributed by atoms with Crippen molar-refractivity contribution in [2.45, 2.75) is 5.92 Å². The summed E-state index contributed by atoms with van der Waals surface area (Å²) < 4.78 is 5.47. The van der Waals surface area contributed by atoms with Crippen molar-refractivity contribution < 1.29 is 24.4 Å². The van der Waals surface area contributed by atoms with Gasteiger partial charge in [0.15, 0.2) is 0 Å². The van der Waals surface area contributed by atoms with Gasteiger partial charge in [0, 0.05) is 19.2 Å². The van der Waals surface area contributed by atoms with Crippen LogP contribution in [-0.4, -0.2) is 40.7 Å². The van der Waals surface area contributed by atoms with Crippen LogP contribution in [0.4, 0.5) is 16.3 Å². The van der Waals surface area contributed by atoms with Gasteiger partial charge in [-0.25, -0.2) is 14.6 Å². The summed E-state index contributed by atoms with van der Waals surface area (Å²) in [6.07, 6.45) is 0.221. The standard InChI is InChI=1S/C22H17N3O6/c1-24(20-19(25(29)30)17(21(26)27)10-11-23-20)22(28)31-12-18-15-8-4-2-6-13(15)14-7-3-5-9-16(14)18/h2-11,18H,12H2,1H3,(H,26,27). The van der Waals surface area contributed by atoms with Crippen molar-refractivity contribution in [3.8, 4) is 11.1 Å². The number of pyridine rings is 1. The van der Waals surface area contributed by atoms with Crippen LogP contribution in [-0.2, 0) is 4.74 Å². The Balaban J connectivity index is 1.59. The number of carbonyl (C=O) groups excluding carboxylic acids is 1. The number of hydrogen-bond donors (Lipinski definition) is 1. The number of benzene rings is 2. The second-order valence-corrected chi connectivity index (χ2v) is 6.96. The van der Waals surface area contributed by atoms with E-state index in [1.54, 1.807) is 0 Å². The van der Waals surface area contributed by atoms with E-state index in [0.29, 0.717) is 0 Å². The van der Waals surface area contributed by atoms with Gasteiger partial charge in [-0.2, -0.15) is 0 Å². The number of fused-ring (bicyclic) bond motifs is 3. The van der Waals surface area contributed by atoms with E-state index in [2.05, 4.69) is 4.98 Å². The largest absolute Gasteiger partial charge is 0.477 e. The van der Waals surface area contributed by atoms with Crippen molar-refractivity contribution in [1.29, 1.82) is 0 Å². The number of carboxylic acids is 1. The number of nitrogens with zero attached hydrogens (tertiary/aromatic N) is 3. The van der Waals surface area contributed by atoms with Crippen molar-refractivity contribution in [2.75, 3.05) is 18.6 Å². The highest BCUT2D eigenvalue weighted by molar-refractivity contribution is 5.98. The second-order valence-electron chi connectivity index (χ2n) is 6.96. The number of carbonyl (C=O) groups is 2. The van der Waals surface area contributed by atoms with E-state index in [9.17, 15) is 24.8 Å². The lowest BCUT2D eigenvalue weighted by Gasteiger charge is -2.19. The number of rotatable bonds is 5. The Hall–Kier alpha value is -4.27. The first-order valence-corrected chi connectivity index (χ1v) is 9.35. The highest BCUT2D eigenvalue weighted by atomic mass is 16.6. The van der Waals surface area contributed by atoms with Gasteiger partial charge in [-0.05, 0) is 28.3 Å². The Morgan fingerprint density at radius 3 is 2.23 bits per heavy atom. The van der Waals surface area contributed by atoms with E-state index >= 15 is 0 Å². The fourth-order valence-electron chi connectivity index (χ4n) is 3.82. The van der Waals surface area contributed by atoms with E-state index in [0.717, 1.165) is 39.4 Å². The van der Waals surface area contributed by atoms with Gasteiger partial charge in [0.05, 0.1) is 4.92 Å². The highest BCUT2D eigenvalue weighted by Gasteiger charge is 2.32. The Morgan fingerprint density at radius 1 is 1.10 bits per heavy atom. The van der Waals surface area contributed by atoms with Crippen LogP contribution in [0, 0.1) is 10.1 Å². The van der Waals surface area contributed by atoms with E-state index in [1.807, 2.05) is 48.5 Å². The van der Waals surface area contributed by atoms with E-state index in [1.165, 1.54) is 7.05 Å². The molecule has 9 nitrogen and oxygen atoms in total. The van der Waals surface area contributed by atoms with Crippen LogP contribution in [0.25, 0.3) is 11.1 Å². The molecule has 0 atom stereocenters. The zero-order chi connectivity index (χ0) is 22.1. The van der Waals surface area contributed by atoms with Crippen LogP contribution >= 0.6 is 0 Å². The van der Waals surface area contributed by atoms with Gasteiger partial charge in [0.1, 0.15) is 12.2 Å². The maximum absolute atomic E-state index is 12.7. The van der Waals surface area contributed by atoms with Gasteiger partial charge in [-0.1, -0.05) is 48.5 Å². The first kappa shape index (κ1) is 20.0. The molecule has 1 amide bonds. The van der Waals surface area contributed by atoms with Crippen LogP contribution in [0.15, 0.2) is 60.8 Å². The van der Waals surface area contributed by atoms with Crippen LogP contribution in [0.2, 0.25) is 0 Å². The molecule has 4 rings (SSSR count). The number of nitro groups is 1. The molecule has 0 spiro atoms. The zero-order valence-electron chi connectivity index (χ0n) is 16.4. The predicted octanol–water partition coefficient (Wildman–Crippen LogP) is 4.07. The van der Waals surface area contributed by atoms with Crippen LogP contribution in [0.3, 0.4) is 0 Å². The summed E-state index contributed by atoms with van der Waals surface area (Å²) in [7, 11) is 1.25. The zero-order valence-corrected chi connectivity index (χ0v) is 16.4. The molecule has 0 fully saturated rings. The number of anilines is 1. The topological polar surface area (TPSA) is 123 Å². The predicted molar refractivity (Wildman–Crippen MR) is 111 cm³/mol. The minimum atomic E-state index is -1.49. The molecule has 0 aliphatic heterocycles. The summed E-state index contributed by atoms with van der Waals surface area (Å²) in [5, 5.41) is 20.7. The minimum Gasteiger partial charge on any atom is -0.477 e. The van der Waals surface area contributed by atoms with Crippen LogP contribution in [0.5, 0.6) is 0 Å². The summed E-state index contributed by atoms with van der Waals surface area (Å²) in [5.74, 6) is -2.07. The third-order valence-corrected chi connectivity index (χ3v) is 5.25. The first-order chi connectivity index (χ1) is 14.9. The molecule has 1 aliphatic carbocycles. The molecule has 1 aliphatic rings. The molecule has 0 saturated carbocycles. The molecule has 156 valence electrons. The average molecular weight is 419 g/mol. The molecule has 9 heteroatoms. The van der Waals surface area contributed by atoms with Crippen molar-refractivity contribution in [2.24, 2.45) is 0 Å². The third kappa shape index (κ3) is 3.46. The minimum absolute atomic E-state index is 0.0175. The number of hydrogen-bond acceptors (Lipinski definition) is 6. The number of aromatic nitrogens is 1. The molecule has 0 unspecified atom stereocenters. The smallest absolute Gasteiger partial charge is 0.415 e.